The summed E-state index contributed by atoms with van der Waals surface area (Å²) >= 11 is 11.9. The molecule has 0 unspecified atom stereocenters. The molecular formula is C21H21Cl2FN2O2. The number of hydrogen-bond acceptors (Lipinski definition) is 2. The molecule has 7 heteroatoms. The first-order chi connectivity index (χ1) is 13.4. The standard InChI is InChI=1S/C21H21Cl2FN2O2/c22-16-6-4-15(5-7-16)2-1-3-20(27)25-10-12-26(13-11-25)21(28)18-9-8-17(24)14-19(18)23/h4-9,14H,1-3,10-13H2. The molecule has 0 atom stereocenters. The van der Waals surface area contributed by atoms with E-state index in [0.717, 1.165) is 24.5 Å². The molecule has 1 aliphatic rings. The Morgan fingerprint density at radius 2 is 1.57 bits per heavy atom. The topological polar surface area (TPSA) is 40.6 Å². The van der Waals surface area contributed by atoms with Crippen molar-refractivity contribution in [1.82, 2.24) is 9.80 Å². The van der Waals surface area contributed by atoms with Crippen LogP contribution in [0.2, 0.25) is 10.0 Å². The third-order valence-electron chi connectivity index (χ3n) is 4.85. The van der Waals surface area contributed by atoms with Crippen LogP contribution in [0, 0.1) is 5.82 Å². The molecule has 3 rings (SSSR count). The van der Waals surface area contributed by atoms with Crippen LogP contribution in [0.15, 0.2) is 42.5 Å². The second-order valence-electron chi connectivity index (χ2n) is 6.78. The molecule has 0 spiro atoms. The first-order valence-corrected chi connectivity index (χ1v) is 9.96. The Labute approximate surface area is 173 Å². The summed E-state index contributed by atoms with van der Waals surface area (Å²) in [5.74, 6) is -0.615. The van der Waals surface area contributed by atoms with Crippen LogP contribution >= 0.6 is 23.2 Å². The molecule has 1 aliphatic heterocycles. The van der Waals surface area contributed by atoms with Gasteiger partial charge in [-0.3, -0.25) is 9.59 Å². The van der Waals surface area contributed by atoms with Gasteiger partial charge in [0.05, 0.1) is 10.6 Å². The zero-order valence-electron chi connectivity index (χ0n) is 15.3. The van der Waals surface area contributed by atoms with E-state index < -0.39 is 5.82 Å². The molecule has 2 amide bonds. The van der Waals surface area contributed by atoms with E-state index in [1.54, 1.807) is 9.80 Å². The highest BCUT2D eigenvalue weighted by Crippen LogP contribution is 2.20. The van der Waals surface area contributed by atoms with Crippen molar-refractivity contribution in [3.8, 4) is 0 Å². The molecule has 4 nitrogen and oxygen atoms in total. The largest absolute Gasteiger partial charge is 0.339 e. The van der Waals surface area contributed by atoms with Crippen molar-refractivity contribution in [1.29, 1.82) is 0 Å². The maximum atomic E-state index is 13.2. The van der Waals surface area contributed by atoms with Gasteiger partial charge in [0.25, 0.3) is 5.91 Å². The van der Waals surface area contributed by atoms with E-state index in [-0.39, 0.29) is 22.4 Å². The molecular weight excluding hydrogens is 402 g/mol. The van der Waals surface area contributed by atoms with Crippen molar-refractivity contribution in [2.45, 2.75) is 19.3 Å². The van der Waals surface area contributed by atoms with Crippen molar-refractivity contribution in [2.75, 3.05) is 26.2 Å². The SMILES string of the molecule is O=C(CCCc1ccc(Cl)cc1)N1CCN(C(=O)c2ccc(F)cc2Cl)CC1. The number of benzene rings is 2. The van der Waals surface area contributed by atoms with Crippen molar-refractivity contribution in [3.63, 3.8) is 0 Å². The number of hydrogen-bond donors (Lipinski definition) is 0. The maximum Gasteiger partial charge on any atom is 0.255 e. The van der Waals surface area contributed by atoms with Crippen molar-refractivity contribution in [3.05, 3.63) is 69.5 Å². The summed E-state index contributed by atoms with van der Waals surface area (Å²) < 4.78 is 13.2. The Morgan fingerprint density at radius 3 is 2.21 bits per heavy atom. The van der Waals surface area contributed by atoms with E-state index in [9.17, 15) is 14.0 Å². The maximum absolute atomic E-state index is 13.2. The van der Waals surface area contributed by atoms with Crippen molar-refractivity contribution in [2.24, 2.45) is 0 Å². The smallest absolute Gasteiger partial charge is 0.255 e. The molecule has 0 aliphatic carbocycles. The van der Waals surface area contributed by atoms with E-state index in [2.05, 4.69) is 0 Å². The van der Waals surface area contributed by atoms with Crippen LogP contribution in [0.5, 0.6) is 0 Å². The van der Waals surface area contributed by atoms with Crippen molar-refractivity contribution >= 4 is 35.0 Å². The zero-order valence-corrected chi connectivity index (χ0v) is 16.8. The van der Waals surface area contributed by atoms with Gasteiger partial charge >= 0.3 is 0 Å². The Bertz CT molecular complexity index is 850. The number of halogens is 3. The number of carbonyl (C=O) groups is 2. The Hall–Kier alpha value is -2.11. The molecule has 148 valence electrons. The Morgan fingerprint density at radius 1 is 0.929 bits per heavy atom. The van der Waals surface area contributed by atoms with E-state index in [1.165, 1.54) is 12.1 Å². The highest BCUT2D eigenvalue weighted by molar-refractivity contribution is 6.33. The third-order valence-corrected chi connectivity index (χ3v) is 5.42. The summed E-state index contributed by atoms with van der Waals surface area (Å²) in [6, 6.07) is 11.4. The van der Waals surface area contributed by atoms with E-state index in [1.807, 2.05) is 24.3 Å². The molecule has 0 saturated carbocycles. The number of amides is 2. The minimum Gasteiger partial charge on any atom is -0.339 e. The summed E-state index contributed by atoms with van der Waals surface area (Å²) in [7, 11) is 0. The number of carbonyl (C=O) groups excluding carboxylic acids is 2. The normalized spacial score (nSPS) is 14.2. The highest BCUT2D eigenvalue weighted by Gasteiger charge is 2.25. The Kier molecular flexibility index (Phi) is 6.92. The molecule has 1 fully saturated rings. The molecule has 0 radical (unpaired) electrons. The highest BCUT2D eigenvalue weighted by atomic mass is 35.5. The van der Waals surface area contributed by atoms with E-state index in [0.29, 0.717) is 37.6 Å². The van der Waals surface area contributed by atoms with Gasteiger partial charge in [0.2, 0.25) is 5.91 Å². The van der Waals surface area contributed by atoms with Crippen LogP contribution in [0.3, 0.4) is 0 Å². The van der Waals surface area contributed by atoms with Gasteiger partial charge in [-0.1, -0.05) is 35.3 Å². The average molecular weight is 423 g/mol. The summed E-state index contributed by atoms with van der Waals surface area (Å²) in [5.41, 5.74) is 1.44. The second-order valence-corrected chi connectivity index (χ2v) is 7.62. The number of nitrogens with zero attached hydrogens (tertiary/aromatic N) is 2. The Balaban J connectivity index is 1.45. The summed E-state index contributed by atoms with van der Waals surface area (Å²) in [6.07, 6.45) is 2.07. The minimum atomic E-state index is -0.476. The first kappa shape index (κ1) is 20.6. The number of rotatable bonds is 5. The van der Waals surface area contributed by atoms with E-state index in [4.69, 9.17) is 23.2 Å². The van der Waals surface area contributed by atoms with Gasteiger partial charge in [-0.25, -0.2) is 4.39 Å². The molecule has 2 aromatic carbocycles. The molecule has 1 saturated heterocycles. The van der Waals surface area contributed by atoms with Gasteiger partial charge in [0.15, 0.2) is 0 Å². The summed E-state index contributed by atoms with van der Waals surface area (Å²) in [5, 5.41) is 0.805. The quantitative estimate of drug-likeness (QED) is 0.714. The van der Waals surface area contributed by atoms with Gasteiger partial charge in [0, 0.05) is 37.6 Å². The lowest BCUT2D eigenvalue weighted by molar-refractivity contribution is -0.132. The van der Waals surface area contributed by atoms with Gasteiger partial charge in [-0.2, -0.15) is 0 Å². The molecule has 28 heavy (non-hydrogen) atoms. The lowest BCUT2D eigenvalue weighted by Gasteiger charge is -2.35. The fourth-order valence-electron chi connectivity index (χ4n) is 3.25. The molecule has 1 heterocycles. The molecule has 0 aromatic heterocycles. The molecule has 0 N–H and O–H groups in total. The van der Waals surface area contributed by atoms with Gasteiger partial charge in [0.1, 0.15) is 5.82 Å². The first-order valence-electron chi connectivity index (χ1n) is 9.20. The van der Waals surface area contributed by atoms with Gasteiger partial charge < -0.3 is 9.80 Å². The van der Waals surface area contributed by atoms with E-state index >= 15 is 0 Å². The van der Waals surface area contributed by atoms with Crippen molar-refractivity contribution < 1.29 is 14.0 Å². The van der Waals surface area contributed by atoms with Crippen LogP contribution in [0.25, 0.3) is 0 Å². The number of piperazine rings is 1. The average Bonchev–Trinajstić information content (AvgIpc) is 2.69. The van der Waals surface area contributed by atoms with Crippen LogP contribution in [-0.2, 0) is 11.2 Å². The lowest BCUT2D eigenvalue weighted by atomic mass is 10.1. The summed E-state index contributed by atoms with van der Waals surface area (Å²) in [6.45, 7) is 1.86. The van der Waals surface area contributed by atoms with Gasteiger partial charge in [-0.05, 0) is 48.7 Å². The predicted molar refractivity (Wildman–Crippen MR) is 108 cm³/mol. The van der Waals surface area contributed by atoms with Crippen LogP contribution in [-0.4, -0.2) is 47.8 Å². The second kappa shape index (κ2) is 9.39. The van der Waals surface area contributed by atoms with Crippen LogP contribution in [0.1, 0.15) is 28.8 Å². The van der Waals surface area contributed by atoms with Crippen LogP contribution in [0.4, 0.5) is 4.39 Å². The number of aryl methyl sites for hydroxylation is 1. The lowest BCUT2D eigenvalue weighted by Crippen LogP contribution is -2.50. The van der Waals surface area contributed by atoms with Crippen LogP contribution < -0.4 is 0 Å². The fourth-order valence-corrected chi connectivity index (χ4v) is 3.62. The molecule has 0 bridgehead atoms. The molecule has 2 aromatic rings. The van der Waals surface area contributed by atoms with Gasteiger partial charge in [-0.15, -0.1) is 0 Å². The zero-order chi connectivity index (χ0) is 20.1. The third kappa shape index (κ3) is 5.24. The summed E-state index contributed by atoms with van der Waals surface area (Å²) in [4.78, 5) is 28.4. The monoisotopic (exact) mass is 422 g/mol. The predicted octanol–water partition coefficient (Wildman–Crippen LogP) is 4.44. The fraction of sp³-hybridized carbons (Fsp3) is 0.333. The minimum absolute atomic E-state index is 0.0980.